The molecule has 4 aromatic rings. The van der Waals surface area contributed by atoms with Crippen molar-refractivity contribution in [1.82, 2.24) is 30.6 Å². The van der Waals surface area contributed by atoms with Crippen LogP contribution in [-0.4, -0.2) is 195 Å². The fourth-order valence-corrected chi connectivity index (χ4v) is 6.82. The van der Waals surface area contributed by atoms with Gasteiger partial charge in [0.05, 0.1) is 36.1 Å². The van der Waals surface area contributed by atoms with Crippen molar-refractivity contribution >= 4 is 120 Å². The Hall–Kier alpha value is -7.52. The Morgan fingerprint density at radius 1 is 0.639 bits per heavy atom. The number of aromatic nitrogens is 4. The summed E-state index contributed by atoms with van der Waals surface area (Å²) in [7, 11) is 3.56. The van der Waals surface area contributed by atoms with Gasteiger partial charge in [0, 0.05) is 75.6 Å². The van der Waals surface area contributed by atoms with E-state index in [9.17, 15) is 48.6 Å². The van der Waals surface area contributed by atoms with Crippen LogP contribution in [0.25, 0.3) is 0 Å². The number of carbonyl (C=O) groups excluding carboxylic acids is 4. The van der Waals surface area contributed by atoms with Crippen LogP contribution in [0.5, 0.6) is 0 Å². The molecule has 3 unspecified atom stereocenters. The van der Waals surface area contributed by atoms with Crippen LogP contribution < -0.4 is 74.5 Å². The van der Waals surface area contributed by atoms with Gasteiger partial charge in [-0.25, -0.2) is 0 Å². The number of aromatic amines is 2. The molecule has 72 heavy (non-hydrogen) atoms. The second-order valence-electron chi connectivity index (χ2n) is 15.1. The van der Waals surface area contributed by atoms with Gasteiger partial charge in [0.2, 0.25) is 11.9 Å². The number of carbonyl (C=O) groups is 6. The molecule has 392 valence electrons. The zero-order valence-corrected chi connectivity index (χ0v) is 40.9. The molecule has 4 atom stereocenters. The summed E-state index contributed by atoms with van der Waals surface area (Å²) in [5.41, 5.74) is 13.1. The number of rotatable bonds is 18. The number of hydrogen-bond donors (Lipinski definition) is 12. The Bertz CT molecular complexity index is 2400. The van der Waals surface area contributed by atoms with Crippen LogP contribution in [0, 0.1) is 0 Å². The van der Waals surface area contributed by atoms with Crippen molar-refractivity contribution in [1.29, 1.82) is 0 Å². The smallest absolute Gasteiger partial charge is 0.548 e. The third kappa shape index (κ3) is 18.0. The van der Waals surface area contributed by atoms with E-state index in [1.807, 2.05) is 9.80 Å². The quantitative estimate of drug-likeness (QED) is 0.0412. The van der Waals surface area contributed by atoms with E-state index in [2.05, 4.69) is 51.8 Å². The molecule has 0 saturated heterocycles. The molecule has 4 heterocycles. The standard InChI is InChI=1S/2C20H25N7O6.Ca.5H2O/c2*1-27-12(9-23-16-15(27)18(31)26-20(21)25-16)8-22-11-4-2-10(3-5-11)17(30)24-13(19(32)33)6-7-14(28)29;;;;;;/h2*2-5,12-13,22H,6-9H2,1H3,(H,24,30)(H,28,29)(H,32,33)(H4,21,23,25,26,31);;5*1H2/q;;+2;;;;;/p-2/t12-,13?;;;;;;;/m0......./s1. The number of nitrogen functional groups attached to an aromatic ring is 2. The second kappa shape index (κ2) is 30.3. The van der Waals surface area contributed by atoms with E-state index in [0.29, 0.717) is 60.6 Å². The molecule has 31 nitrogen and oxygen atoms in total. The van der Waals surface area contributed by atoms with Gasteiger partial charge in [0.15, 0.2) is 11.6 Å². The zero-order chi connectivity index (χ0) is 48.2. The number of nitrogens with two attached hydrogens (primary N) is 2. The van der Waals surface area contributed by atoms with Crippen LogP contribution in [0.2, 0.25) is 0 Å². The fraction of sp³-hybridized carbons (Fsp3) is 0.350. The molecule has 6 rings (SSSR count). The first-order valence-electron chi connectivity index (χ1n) is 20.2. The molecule has 0 spiro atoms. The topological polar surface area (TPSA) is 569 Å². The Morgan fingerprint density at radius 2 is 0.958 bits per heavy atom. The molecule has 0 fully saturated rings. The number of nitrogens with zero attached hydrogens (tertiary/aromatic N) is 4. The van der Waals surface area contributed by atoms with E-state index in [1.165, 1.54) is 24.3 Å². The van der Waals surface area contributed by atoms with Crippen molar-refractivity contribution in [3.63, 3.8) is 0 Å². The largest absolute Gasteiger partial charge is 2.00 e. The number of carboxylic acids is 4. The van der Waals surface area contributed by atoms with E-state index in [4.69, 9.17) is 21.7 Å². The maximum Gasteiger partial charge on any atom is 2.00 e. The van der Waals surface area contributed by atoms with Gasteiger partial charge in [0.1, 0.15) is 11.4 Å². The number of amides is 2. The van der Waals surface area contributed by atoms with E-state index in [1.54, 1.807) is 38.4 Å². The third-order valence-corrected chi connectivity index (χ3v) is 10.5. The number of benzene rings is 2. The average Bonchev–Trinajstić information content (AvgIpc) is 3.25. The van der Waals surface area contributed by atoms with E-state index >= 15 is 0 Å². The Labute approximate surface area is 437 Å². The predicted molar refractivity (Wildman–Crippen MR) is 260 cm³/mol. The molecular formula is C40H58CaN14O17. The van der Waals surface area contributed by atoms with Crippen molar-refractivity contribution in [2.24, 2.45) is 0 Å². The van der Waals surface area contributed by atoms with Crippen molar-refractivity contribution < 1.29 is 76.6 Å². The Morgan fingerprint density at radius 3 is 1.25 bits per heavy atom. The SMILES string of the molecule is CN1c2c(nc(N)[nH]c2=O)NCC1CNc1ccc(C(=O)NC(CCC(=O)O)C(=O)[O-])cc1.CN1c2c(nc(N)[nH]c2=O)NC[C@@H]1CNc1ccc(C(=O)NC(CCC(=O)O)C(=O)[O-])cc1.O.O.O.O.O.[Ca+2]. The molecule has 0 radical (unpaired) electrons. The number of likely N-dealkylation sites (N-methyl/N-ethyl adjacent to an activating group) is 2. The van der Waals surface area contributed by atoms with Gasteiger partial charge in [-0.05, 0) is 61.4 Å². The minimum absolute atomic E-state index is 0. The summed E-state index contributed by atoms with van der Waals surface area (Å²) in [6.45, 7) is 1.99. The van der Waals surface area contributed by atoms with Crippen LogP contribution in [0.15, 0.2) is 58.1 Å². The first-order chi connectivity index (χ1) is 31.3. The van der Waals surface area contributed by atoms with Crippen LogP contribution >= 0.6 is 0 Å². The maximum atomic E-state index is 12.3. The number of aliphatic carboxylic acids is 4. The van der Waals surface area contributed by atoms with Crippen LogP contribution in [0.1, 0.15) is 46.4 Å². The van der Waals surface area contributed by atoms with Gasteiger partial charge in [-0.1, -0.05) is 0 Å². The minimum Gasteiger partial charge on any atom is -0.548 e. The van der Waals surface area contributed by atoms with E-state index < -0.39 is 60.6 Å². The van der Waals surface area contributed by atoms with Gasteiger partial charge in [-0.15, -0.1) is 0 Å². The molecule has 0 bridgehead atoms. The summed E-state index contributed by atoms with van der Waals surface area (Å²) >= 11 is 0. The molecule has 2 aromatic carbocycles. The number of nitrogens with one attached hydrogen (secondary N) is 8. The van der Waals surface area contributed by atoms with Gasteiger partial charge in [0.25, 0.3) is 22.9 Å². The van der Waals surface area contributed by atoms with Crippen molar-refractivity contribution in [3.8, 4) is 0 Å². The predicted octanol–water partition coefficient (Wildman–Crippen LogP) is -7.69. The zero-order valence-electron chi connectivity index (χ0n) is 38.7. The number of fused-ring (bicyclic) bond motifs is 2. The summed E-state index contributed by atoms with van der Waals surface area (Å²) < 4.78 is 0. The number of carboxylic acid groups (broad SMARTS) is 4. The number of anilines is 8. The summed E-state index contributed by atoms with van der Waals surface area (Å²) in [5.74, 6) is -5.83. The molecule has 0 saturated carbocycles. The molecule has 24 N–H and O–H groups in total. The average molecular weight is 1050 g/mol. The molecule has 2 amide bonds. The molecule has 2 aliphatic heterocycles. The molecule has 2 aromatic heterocycles. The van der Waals surface area contributed by atoms with Crippen molar-refractivity contribution in [2.75, 3.05) is 82.8 Å². The van der Waals surface area contributed by atoms with Crippen molar-refractivity contribution in [3.05, 3.63) is 80.4 Å². The van der Waals surface area contributed by atoms with Crippen LogP contribution in [-0.2, 0) is 19.2 Å². The van der Waals surface area contributed by atoms with E-state index in [0.717, 1.165) is 0 Å². The third-order valence-electron chi connectivity index (χ3n) is 10.5. The molecular weight excluding hydrogens is 989 g/mol. The fourth-order valence-electron chi connectivity index (χ4n) is 6.82. The van der Waals surface area contributed by atoms with Gasteiger partial charge in [-0.2, -0.15) is 9.97 Å². The second-order valence-corrected chi connectivity index (χ2v) is 15.1. The first kappa shape index (κ1) is 66.6. The maximum absolute atomic E-state index is 12.3. The monoisotopic (exact) mass is 1050 g/mol. The summed E-state index contributed by atoms with van der Waals surface area (Å²) in [4.78, 5) is 109. The first-order valence-corrected chi connectivity index (χ1v) is 20.2. The van der Waals surface area contributed by atoms with Crippen LogP contribution in [0.4, 0.5) is 46.3 Å². The van der Waals surface area contributed by atoms with Crippen molar-refractivity contribution in [2.45, 2.75) is 49.9 Å². The Balaban J connectivity index is 0. The van der Waals surface area contributed by atoms with Gasteiger partial charge < -0.3 is 111 Å². The normalized spacial score (nSPS) is 14.4. The number of H-pyrrole nitrogens is 2. The summed E-state index contributed by atoms with van der Waals surface area (Å²) in [5, 5.41) is 56.8. The Kier molecular flexibility index (Phi) is 28.0. The number of hydrogen-bond acceptors (Lipinski definition) is 20. The molecule has 2 aliphatic rings. The van der Waals surface area contributed by atoms with E-state index in [-0.39, 0.29) is 124 Å². The summed E-state index contributed by atoms with van der Waals surface area (Å²) in [6.07, 6.45) is -1.38. The minimum atomic E-state index is -1.55. The summed E-state index contributed by atoms with van der Waals surface area (Å²) in [6, 6.07) is 9.68. The van der Waals surface area contributed by atoms with Gasteiger partial charge in [-0.3, -0.25) is 38.7 Å². The molecule has 32 heteroatoms. The van der Waals surface area contributed by atoms with Crippen LogP contribution in [0.3, 0.4) is 0 Å². The van der Waals surface area contributed by atoms with Gasteiger partial charge >= 0.3 is 49.7 Å². The molecule has 0 aliphatic carbocycles.